The Kier molecular flexibility index (Phi) is 13.9. The van der Waals surface area contributed by atoms with E-state index in [0.717, 1.165) is 0 Å². The van der Waals surface area contributed by atoms with Crippen molar-refractivity contribution in [3.05, 3.63) is 0 Å². The van der Waals surface area contributed by atoms with E-state index in [-0.39, 0.29) is 252 Å². The number of aromatic nitrogens is 2. The van der Waals surface area contributed by atoms with E-state index in [0.29, 0.717) is 0 Å². The van der Waals surface area contributed by atoms with Crippen LogP contribution in [0.15, 0.2) is 0 Å². The molecule has 0 aliphatic heterocycles. The topological polar surface area (TPSA) is 9.86 Å². The van der Waals surface area contributed by atoms with Gasteiger partial charge in [-0.05, 0) is 38.4 Å². The third-order valence-electron chi connectivity index (χ3n) is 15.1. The quantitative estimate of drug-likeness (QED) is 0.156. The minimum atomic E-state index is -0.274. The lowest BCUT2D eigenvalue weighted by Gasteiger charge is -2.30. The molecule has 60 radical (unpaired) electrons. The van der Waals surface area contributed by atoms with Crippen LogP contribution in [0, 0.1) is 0 Å². The molecule has 0 aliphatic carbocycles. The molecule has 2 heterocycles. The summed E-state index contributed by atoms with van der Waals surface area (Å²) in [6, 6.07) is 0. The van der Waals surface area contributed by atoms with E-state index >= 15 is 0 Å². The predicted molar refractivity (Wildman–Crippen MR) is 365 cm³/mol. The summed E-state index contributed by atoms with van der Waals surface area (Å²) in [6.07, 6.45) is 0. The number of fused-ring (bicyclic) bond motifs is 8. The van der Waals surface area contributed by atoms with E-state index in [1.165, 1.54) is 9.13 Å². The highest BCUT2D eigenvalue weighted by Crippen LogP contribution is 2.34. The number of rotatable bonds is 4. The van der Waals surface area contributed by atoms with Crippen LogP contribution in [0.1, 0.15) is 0 Å². The van der Waals surface area contributed by atoms with Crippen molar-refractivity contribution in [1.29, 1.82) is 0 Å². The fourth-order valence-corrected chi connectivity index (χ4v) is 10.9. The fourth-order valence-electron chi connectivity index (χ4n) is 10.9. The van der Waals surface area contributed by atoms with Crippen molar-refractivity contribution in [2.45, 2.75) is 0 Å². The van der Waals surface area contributed by atoms with E-state index in [4.69, 9.17) is 235 Å². The Labute approximate surface area is 492 Å². The lowest BCUT2D eigenvalue weighted by atomic mass is 9.56. The molecule has 0 unspecified atom stereocenters. The Morgan fingerprint density at radius 2 is 0.295 bits per heavy atom. The highest BCUT2D eigenvalue weighted by Gasteiger charge is 2.32. The lowest BCUT2D eigenvalue weighted by Crippen LogP contribution is -2.57. The van der Waals surface area contributed by atoms with Crippen molar-refractivity contribution < 1.29 is 0 Å². The molecule has 0 aliphatic rings. The van der Waals surface area contributed by atoms with E-state index in [9.17, 15) is 0 Å². The van der Waals surface area contributed by atoms with Crippen molar-refractivity contribution in [2.75, 3.05) is 0 Å². The van der Waals surface area contributed by atoms with Crippen LogP contribution in [0.4, 0.5) is 0 Å². The van der Waals surface area contributed by atoms with Crippen molar-refractivity contribution in [3.63, 3.8) is 0 Å². The number of benzene rings is 8. The Hall–Kier alpha value is -4.43. The minimum Gasteiger partial charge on any atom is -0.312 e. The first kappa shape index (κ1) is 56.8. The number of hydrogen-bond acceptors (Lipinski definition) is 0. The van der Waals surface area contributed by atoms with E-state index < -0.39 is 0 Å². The summed E-state index contributed by atoms with van der Waals surface area (Å²) in [4.78, 5) is 0. The van der Waals surface area contributed by atoms with Gasteiger partial charge in [-0.15, -0.1) is 54.6 Å². The molecule has 8 aromatic carbocycles. The molecule has 2 aromatic heterocycles. The molecule has 0 saturated heterocycles. The van der Waals surface area contributed by atoms with Crippen LogP contribution in [0.5, 0.6) is 0 Å². The molecule has 78 heavy (non-hydrogen) atoms. The Balaban J connectivity index is 1.45. The van der Waals surface area contributed by atoms with Crippen LogP contribution in [0.25, 0.3) is 88.0 Å². The van der Waals surface area contributed by atoms with Gasteiger partial charge in [0, 0.05) is 44.1 Å². The van der Waals surface area contributed by atoms with Gasteiger partial charge in [-0.1, -0.05) is 109 Å². The summed E-state index contributed by atoms with van der Waals surface area (Å²) in [6.45, 7) is 0. The van der Waals surface area contributed by atoms with Gasteiger partial charge in [-0.25, -0.2) is 0 Å². The zero-order valence-corrected chi connectivity index (χ0v) is 41.2. The standard InChI is InChI=1S/C46B30N2/c47-11-1(2-12(48)8-10-23(59)28(64)31(67)38(74)44(10)78(43(8)35(71)18(2)54)46-39(75)32(68)30(66)33(69)40(46)76)17(53)34(70)42-7(11)9-21(57)13(49)5-6(22(58)27(63)24(60)16(5)52)41(9)77(42)45-36(72)19(55)4(20(56)37(45)73)3-14(50)25(61)29(65)26(62)15(3)51. The van der Waals surface area contributed by atoms with Gasteiger partial charge in [0.1, 0.15) is 235 Å². The molecule has 0 atom stereocenters. The number of nitrogens with zero attached hydrogens (tertiary/aromatic N) is 2. The van der Waals surface area contributed by atoms with Gasteiger partial charge in [0.2, 0.25) is 0 Å². The van der Waals surface area contributed by atoms with Crippen LogP contribution >= 0.6 is 0 Å². The third kappa shape index (κ3) is 7.13. The van der Waals surface area contributed by atoms with Gasteiger partial charge in [0.25, 0.3) is 0 Å². The minimum absolute atomic E-state index is 0.00722. The molecule has 32 heteroatoms. The predicted octanol–water partition coefficient (Wildman–Crippen LogP) is -23.8. The molecular formula is C46B30N2. The second-order valence-electron chi connectivity index (χ2n) is 18.9. The first-order valence-electron chi connectivity index (χ1n) is 22.8. The molecular weight excluding hydrogens is 905 g/mol. The SMILES string of the molecule is [B]c1c([B])c([B])c(-c2c([B])c([B])c(-n3c4c([B])c([B])c(-c5c([B])c([B])c6c(c5[B])c5c([B])c([B])c([B])c([B])c5n6-c5c([B])c([B])c([B])c([B])c5[B])c([B])c4c4c([B])c([B])c5c([B])c([B])c([B])c([B])c5c43)c([B])c2[B])c([B])c1[B]. The van der Waals surface area contributed by atoms with Gasteiger partial charge < -0.3 is 9.13 Å². The van der Waals surface area contributed by atoms with Crippen LogP contribution in [-0.4, -0.2) is 245 Å². The normalized spacial score (nSPS) is 11.8. The average Bonchev–Trinajstić information content (AvgIpc) is 3.36. The molecule has 284 valence electrons. The van der Waals surface area contributed by atoms with Crippen LogP contribution in [0.2, 0.25) is 0 Å². The summed E-state index contributed by atoms with van der Waals surface area (Å²) in [5.74, 6) is 0. The maximum atomic E-state index is 7.47. The third-order valence-corrected chi connectivity index (χ3v) is 15.1. The first-order chi connectivity index (χ1) is 36.3. The van der Waals surface area contributed by atoms with Gasteiger partial charge in [-0.3, -0.25) is 0 Å². The van der Waals surface area contributed by atoms with Crippen molar-refractivity contribution >= 4 is 454 Å². The zero-order chi connectivity index (χ0) is 57.7. The van der Waals surface area contributed by atoms with Gasteiger partial charge in [0.15, 0.2) is 0 Å². The lowest BCUT2D eigenvalue weighted by molar-refractivity contribution is 1.22. The number of hydrogen-bond donors (Lipinski definition) is 0. The second-order valence-corrected chi connectivity index (χ2v) is 18.9. The average molecular weight is 905 g/mol. The second kappa shape index (κ2) is 19.1. The molecule has 0 saturated carbocycles. The largest absolute Gasteiger partial charge is 0.312 e. The van der Waals surface area contributed by atoms with Crippen LogP contribution in [-0.2, 0) is 0 Å². The van der Waals surface area contributed by atoms with Crippen molar-refractivity contribution in [1.82, 2.24) is 9.13 Å². The molecule has 0 amide bonds. The van der Waals surface area contributed by atoms with Crippen molar-refractivity contribution in [2.24, 2.45) is 0 Å². The zero-order valence-electron chi connectivity index (χ0n) is 41.2. The summed E-state index contributed by atoms with van der Waals surface area (Å²) < 4.78 is 2.81. The van der Waals surface area contributed by atoms with Gasteiger partial charge >= 0.3 is 0 Å². The maximum absolute atomic E-state index is 7.47. The fraction of sp³-hybridized carbons (Fsp3) is 0. The summed E-state index contributed by atoms with van der Waals surface area (Å²) in [5, 5.41) is 0.282. The summed E-state index contributed by atoms with van der Waals surface area (Å²) in [5.41, 5.74) is -5.50. The molecule has 0 spiro atoms. The smallest absolute Gasteiger partial charge is 0.115 e. The van der Waals surface area contributed by atoms with Gasteiger partial charge in [0.05, 0.1) is 5.52 Å². The summed E-state index contributed by atoms with van der Waals surface area (Å²) >= 11 is 0. The molecule has 0 bridgehead atoms. The Morgan fingerprint density at radius 3 is 0.667 bits per heavy atom. The van der Waals surface area contributed by atoms with E-state index in [2.05, 4.69) is 0 Å². The molecule has 2 nitrogen and oxygen atoms in total. The van der Waals surface area contributed by atoms with E-state index in [1.54, 1.807) is 0 Å². The first-order valence-corrected chi connectivity index (χ1v) is 22.8. The highest BCUT2D eigenvalue weighted by atomic mass is 15.0. The van der Waals surface area contributed by atoms with Crippen LogP contribution in [0.3, 0.4) is 0 Å². The van der Waals surface area contributed by atoms with Crippen molar-refractivity contribution in [3.8, 4) is 33.6 Å². The summed E-state index contributed by atoms with van der Waals surface area (Å²) in [7, 11) is 203. The van der Waals surface area contributed by atoms with E-state index in [1.807, 2.05) is 0 Å². The Bertz CT molecular complexity index is 4470. The maximum Gasteiger partial charge on any atom is 0.115 e. The molecule has 0 fully saturated rings. The highest BCUT2D eigenvalue weighted by molar-refractivity contribution is 6.77. The molecule has 10 rings (SSSR count). The van der Waals surface area contributed by atoms with Crippen LogP contribution < -0.4 is 164 Å². The molecule has 0 N–H and O–H groups in total. The van der Waals surface area contributed by atoms with Gasteiger partial charge in [-0.2, -0.15) is 0 Å². The Morgan fingerprint density at radius 1 is 0.128 bits per heavy atom. The monoisotopic (exact) mass is 910 g/mol. The molecule has 10 aromatic rings.